The lowest BCUT2D eigenvalue weighted by Gasteiger charge is -2.28. The van der Waals surface area contributed by atoms with E-state index in [9.17, 15) is 17.6 Å². The van der Waals surface area contributed by atoms with Gasteiger partial charge in [-0.3, -0.25) is 0 Å². The van der Waals surface area contributed by atoms with Crippen LogP contribution >= 0.6 is 0 Å². The number of alkyl halides is 3. The van der Waals surface area contributed by atoms with E-state index in [4.69, 9.17) is 5.73 Å². The molecule has 1 aromatic rings. The molecule has 0 amide bonds. The number of nitrogens with two attached hydrogens (primary N) is 1. The SMILES string of the molecule is N[C@@H](c1cc(C(F)(F)F)ccc1F)C1CCCCC1. The number of benzene rings is 1. The summed E-state index contributed by atoms with van der Waals surface area (Å²) in [5.74, 6) is -0.571. The Morgan fingerprint density at radius 3 is 2.32 bits per heavy atom. The van der Waals surface area contributed by atoms with E-state index < -0.39 is 23.6 Å². The minimum atomic E-state index is -4.46. The van der Waals surface area contributed by atoms with Crippen LogP contribution < -0.4 is 5.73 Å². The topological polar surface area (TPSA) is 26.0 Å². The summed E-state index contributed by atoms with van der Waals surface area (Å²) in [5, 5.41) is 0. The molecule has 19 heavy (non-hydrogen) atoms. The molecule has 0 saturated heterocycles. The minimum absolute atomic E-state index is 0.0123. The highest BCUT2D eigenvalue weighted by atomic mass is 19.4. The number of halogens is 4. The molecule has 1 aliphatic carbocycles. The Morgan fingerprint density at radius 2 is 1.74 bits per heavy atom. The van der Waals surface area contributed by atoms with Crippen molar-refractivity contribution in [3.05, 3.63) is 35.1 Å². The molecule has 1 nitrogen and oxygen atoms in total. The molecule has 1 fully saturated rings. The Kier molecular flexibility index (Phi) is 4.13. The highest BCUT2D eigenvalue weighted by Gasteiger charge is 2.32. The second-order valence-electron chi connectivity index (χ2n) is 5.16. The Hall–Kier alpha value is -1.10. The van der Waals surface area contributed by atoms with Crippen molar-refractivity contribution in [3.63, 3.8) is 0 Å². The van der Waals surface area contributed by atoms with Gasteiger partial charge < -0.3 is 5.73 Å². The fraction of sp³-hybridized carbons (Fsp3) is 0.571. The molecule has 0 unspecified atom stereocenters. The van der Waals surface area contributed by atoms with Crippen LogP contribution in [0.15, 0.2) is 18.2 Å². The van der Waals surface area contributed by atoms with Crippen molar-refractivity contribution >= 4 is 0 Å². The van der Waals surface area contributed by atoms with E-state index in [0.29, 0.717) is 0 Å². The van der Waals surface area contributed by atoms with E-state index in [2.05, 4.69) is 0 Å². The molecule has 1 aromatic carbocycles. The van der Waals surface area contributed by atoms with Gasteiger partial charge in [0.1, 0.15) is 5.82 Å². The van der Waals surface area contributed by atoms with Crippen LogP contribution in [0.1, 0.15) is 49.3 Å². The van der Waals surface area contributed by atoms with Crippen molar-refractivity contribution in [1.29, 1.82) is 0 Å². The van der Waals surface area contributed by atoms with Gasteiger partial charge in [0.15, 0.2) is 0 Å². The van der Waals surface area contributed by atoms with E-state index in [1.54, 1.807) is 0 Å². The minimum Gasteiger partial charge on any atom is -0.324 e. The molecule has 0 bridgehead atoms. The van der Waals surface area contributed by atoms with Crippen LogP contribution in [-0.4, -0.2) is 0 Å². The zero-order valence-corrected chi connectivity index (χ0v) is 10.5. The molecule has 0 aliphatic heterocycles. The fourth-order valence-corrected chi connectivity index (χ4v) is 2.72. The third-order valence-electron chi connectivity index (χ3n) is 3.84. The molecular weight excluding hydrogens is 258 g/mol. The van der Waals surface area contributed by atoms with Crippen molar-refractivity contribution in [3.8, 4) is 0 Å². The highest BCUT2D eigenvalue weighted by molar-refractivity contribution is 5.29. The maximum atomic E-state index is 13.7. The summed E-state index contributed by atoms with van der Waals surface area (Å²) < 4.78 is 51.6. The lowest BCUT2D eigenvalue weighted by Crippen LogP contribution is -2.25. The summed E-state index contributed by atoms with van der Waals surface area (Å²) in [6.45, 7) is 0. The second-order valence-corrected chi connectivity index (χ2v) is 5.16. The van der Waals surface area contributed by atoms with Gasteiger partial charge in [0, 0.05) is 11.6 Å². The molecule has 0 aromatic heterocycles. The van der Waals surface area contributed by atoms with Gasteiger partial charge in [-0.05, 0) is 37.0 Å². The molecule has 2 rings (SSSR count). The van der Waals surface area contributed by atoms with E-state index in [0.717, 1.165) is 50.3 Å². The molecule has 1 aliphatic rings. The van der Waals surface area contributed by atoms with E-state index in [1.165, 1.54) is 0 Å². The summed E-state index contributed by atoms with van der Waals surface area (Å²) in [7, 11) is 0. The lowest BCUT2D eigenvalue weighted by atomic mass is 9.81. The predicted octanol–water partition coefficient (Wildman–Crippen LogP) is 4.42. The van der Waals surface area contributed by atoms with Crippen LogP contribution in [0.25, 0.3) is 0 Å². The summed E-state index contributed by atoms with van der Waals surface area (Å²) in [6, 6.07) is 1.82. The second kappa shape index (κ2) is 5.49. The third-order valence-corrected chi connectivity index (χ3v) is 3.84. The van der Waals surface area contributed by atoms with Crippen LogP contribution in [0.4, 0.5) is 17.6 Å². The summed E-state index contributed by atoms with van der Waals surface area (Å²) in [4.78, 5) is 0. The van der Waals surface area contributed by atoms with Gasteiger partial charge in [-0.2, -0.15) is 13.2 Å². The van der Waals surface area contributed by atoms with Gasteiger partial charge in [-0.15, -0.1) is 0 Å². The molecule has 1 saturated carbocycles. The maximum absolute atomic E-state index is 13.7. The first-order chi connectivity index (χ1) is 8.89. The number of hydrogen-bond donors (Lipinski definition) is 1. The molecule has 106 valence electrons. The van der Waals surface area contributed by atoms with Gasteiger partial charge in [-0.25, -0.2) is 4.39 Å². The fourth-order valence-electron chi connectivity index (χ4n) is 2.72. The van der Waals surface area contributed by atoms with Crippen LogP contribution in [0.2, 0.25) is 0 Å². The number of hydrogen-bond acceptors (Lipinski definition) is 1. The Balaban J connectivity index is 2.27. The zero-order valence-electron chi connectivity index (χ0n) is 10.5. The van der Waals surface area contributed by atoms with Gasteiger partial charge >= 0.3 is 6.18 Å². The molecular formula is C14H17F4N. The van der Waals surface area contributed by atoms with Crippen molar-refractivity contribution < 1.29 is 17.6 Å². The standard InChI is InChI=1S/C14H17F4N/c15-12-7-6-10(14(16,17)18)8-11(12)13(19)9-4-2-1-3-5-9/h6-9,13H,1-5,19H2/t13-/m1/s1. The zero-order chi connectivity index (χ0) is 14.0. The van der Waals surface area contributed by atoms with Crippen molar-refractivity contribution in [2.24, 2.45) is 11.7 Å². The average Bonchev–Trinajstić information content (AvgIpc) is 2.38. The van der Waals surface area contributed by atoms with Crippen LogP contribution in [0.5, 0.6) is 0 Å². The maximum Gasteiger partial charge on any atom is 0.416 e. The first-order valence-electron chi connectivity index (χ1n) is 6.52. The lowest BCUT2D eigenvalue weighted by molar-refractivity contribution is -0.137. The smallest absolute Gasteiger partial charge is 0.324 e. The van der Waals surface area contributed by atoms with Gasteiger partial charge in [0.2, 0.25) is 0 Å². The Bertz CT molecular complexity index is 436. The molecule has 0 radical (unpaired) electrons. The summed E-state index contributed by atoms with van der Waals surface area (Å²) in [6.07, 6.45) is 0.397. The van der Waals surface area contributed by atoms with Crippen molar-refractivity contribution in [2.75, 3.05) is 0 Å². The molecule has 0 spiro atoms. The van der Waals surface area contributed by atoms with Gasteiger partial charge in [0.25, 0.3) is 0 Å². The third kappa shape index (κ3) is 3.26. The first kappa shape index (κ1) is 14.3. The quantitative estimate of drug-likeness (QED) is 0.794. The monoisotopic (exact) mass is 275 g/mol. The molecule has 0 heterocycles. The average molecular weight is 275 g/mol. The van der Waals surface area contributed by atoms with Crippen molar-refractivity contribution in [1.82, 2.24) is 0 Å². The van der Waals surface area contributed by atoms with E-state index >= 15 is 0 Å². The highest BCUT2D eigenvalue weighted by Crippen LogP contribution is 2.36. The summed E-state index contributed by atoms with van der Waals surface area (Å²) in [5.41, 5.74) is 5.13. The normalized spacial score (nSPS) is 19.4. The molecule has 5 heteroatoms. The van der Waals surface area contributed by atoms with Crippen LogP contribution in [-0.2, 0) is 6.18 Å². The summed E-state index contributed by atoms with van der Waals surface area (Å²) >= 11 is 0. The molecule has 1 atom stereocenters. The van der Waals surface area contributed by atoms with Crippen LogP contribution in [0.3, 0.4) is 0 Å². The number of rotatable bonds is 2. The van der Waals surface area contributed by atoms with Crippen molar-refractivity contribution in [2.45, 2.75) is 44.3 Å². The first-order valence-corrected chi connectivity index (χ1v) is 6.52. The van der Waals surface area contributed by atoms with Crippen LogP contribution in [0, 0.1) is 11.7 Å². The van der Waals surface area contributed by atoms with E-state index in [1.807, 2.05) is 0 Å². The predicted molar refractivity (Wildman–Crippen MR) is 64.9 cm³/mol. The Morgan fingerprint density at radius 1 is 1.11 bits per heavy atom. The molecule has 2 N–H and O–H groups in total. The van der Waals surface area contributed by atoms with E-state index in [-0.39, 0.29) is 11.5 Å². The van der Waals surface area contributed by atoms with Gasteiger partial charge in [-0.1, -0.05) is 19.3 Å². The Labute approximate surface area is 109 Å². The van der Waals surface area contributed by atoms with Gasteiger partial charge in [0.05, 0.1) is 5.56 Å². The largest absolute Gasteiger partial charge is 0.416 e.